The van der Waals surface area contributed by atoms with E-state index in [1.807, 2.05) is 24.3 Å². The van der Waals surface area contributed by atoms with E-state index in [2.05, 4.69) is 6.92 Å². The number of rotatable bonds is 8. The highest BCUT2D eigenvalue weighted by Crippen LogP contribution is 2.14. The van der Waals surface area contributed by atoms with E-state index < -0.39 is 0 Å². The molecule has 1 aromatic carbocycles. The first-order valence-corrected chi connectivity index (χ1v) is 6.62. The van der Waals surface area contributed by atoms with Crippen molar-refractivity contribution >= 4 is 0 Å². The van der Waals surface area contributed by atoms with Crippen molar-refractivity contribution in [3.05, 3.63) is 29.8 Å². The van der Waals surface area contributed by atoms with Gasteiger partial charge in [0.15, 0.2) is 0 Å². The fourth-order valence-corrected chi connectivity index (χ4v) is 1.78. The number of unbranched alkanes of at least 4 members (excludes halogenated alkanes) is 3. The lowest BCUT2D eigenvalue weighted by molar-refractivity contribution is 0.195. The minimum atomic E-state index is -0.282. The maximum Gasteiger partial charge on any atom is 0.119 e. The summed E-state index contributed by atoms with van der Waals surface area (Å²) in [6.07, 6.45) is 5.34. The van der Waals surface area contributed by atoms with Crippen molar-refractivity contribution in [1.82, 2.24) is 0 Å². The molecule has 1 unspecified atom stereocenters. The number of aliphatic hydroxyl groups is 1. The SMILES string of the molecule is CCCCCCOc1ccc(CC(C)O)cc1. The van der Waals surface area contributed by atoms with Crippen molar-refractivity contribution in [2.45, 2.75) is 52.1 Å². The molecule has 0 fully saturated rings. The summed E-state index contributed by atoms with van der Waals surface area (Å²) in [5.41, 5.74) is 1.15. The molecule has 0 aliphatic carbocycles. The number of hydrogen-bond acceptors (Lipinski definition) is 2. The first-order valence-electron chi connectivity index (χ1n) is 6.62. The normalized spacial score (nSPS) is 12.4. The van der Waals surface area contributed by atoms with Gasteiger partial charge in [0.1, 0.15) is 5.75 Å². The van der Waals surface area contributed by atoms with Crippen LogP contribution in [0.5, 0.6) is 5.75 Å². The molecule has 0 heterocycles. The third kappa shape index (κ3) is 6.32. The standard InChI is InChI=1S/C15H24O2/c1-3-4-5-6-11-17-15-9-7-14(8-10-15)12-13(2)16/h7-10,13,16H,3-6,11-12H2,1-2H3. The van der Waals surface area contributed by atoms with E-state index in [1.54, 1.807) is 6.92 Å². The molecular weight excluding hydrogens is 212 g/mol. The maximum atomic E-state index is 9.27. The Bertz CT molecular complexity index is 290. The van der Waals surface area contributed by atoms with Gasteiger partial charge in [-0.1, -0.05) is 38.3 Å². The highest BCUT2D eigenvalue weighted by Gasteiger charge is 1.99. The van der Waals surface area contributed by atoms with Gasteiger partial charge in [-0.25, -0.2) is 0 Å². The molecule has 0 aliphatic heterocycles. The lowest BCUT2D eigenvalue weighted by Crippen LogP contribution is -2.04. The Morgan fingerprint density at radius 2 is 1.82 bits per heavy atom. The largest absolute Gasteiger partial charge is 0.494 e. The van der Waals surface area contributed by atoms with Crippen LogP contribution in [0, 0.1) is 0 Å². The van der Waals surface area contributed by atoms with Gasteiger partial charge >= 0.3 is 0 Å². The fourth-order valence-electron chi connectivity index (χ4n) is 1.78. The Hall–Kier alpha value is -1.02. The minimum Gasteiger partial charge on any atom is -0.494 e. The van der Waals surface area contributed by atoms with E-state index in [0.717, 1.165) is 24.3 Å². The predicted molar refractivity (Wildman–Crippen MR) is 71.5 cm³/mol. The monoisotopic (exact) mass is 236 g/mol. The van der Waals surface area contributed by atoms with Gasteiger partial charge in [-0.2, -0.15) is 0 Å². The van der Waals surface area contributed by atoms with Crippen molar-refractivity contribution in [3.8, 4) is 5.75 Å². The molecule has 1 N–H and O–H groups in total. The first kappa shape index (κ1) is 14.0. The van der Waals surface area contributed by atoms with Gasteiger partial charge in [0.05, 0.1) is 12.7 Å². The highest BCUT2D eigenvalue weighted by atomic mass is 16.5. The molecule has 0 saturated carbocycles. The Morgan fingerprint density at radius 3 is 2.41 bits per heavy atom. The summed E-state index contributed by atoms with van der Waals surface area (Å²) >= 11 is 0. The molecule has 0 spiro atoms. The lowest BCUT2D eigenvalue weighted by Gasteiger charge is -2.08. The summed E-state index contributed by atoms with van der Waals surface area (Å²) in [5.74, 6) is 0.927. The third-order valence-corrected chi connectivity index (χ3v) is 2.72. The van der Waals surface area contributed by atoms with Crippen LogP contribution in [-0.4, -0.2) is 17.8 Å². The second-order valence-electron chi connectivity index (χ2n) is 4.61. The van der Waals surface area contributed by atoms with Crippen molar-refractivity contribution in [3.63, 3.8) is 0 Å². The van der Waals surface area contributed by atoms with Gasteiger partial charge in [-0.3, -0.25) is 0 Å². The molecule has 0 amide bonds. The molecule has 1 atom stereocenters. The molecule has 0 bridgehead atoms. The van der Waals surface area contributed by atoms with E-state index in [4.69, 9.17) is 4.74 Å². The van der Waals surface area contributed by atoms with Crippen LogP contribution in [0.4, 0.5) is 0 Å². The van der Waals surface area contributed by atoms with Crippen LogP contribution in [0.1, 0.15) is 45.1 Å². The number of ether oxygens (including phenoxy) is 1. The van der Waals surface area contributed by atoms with E-state index in [9.17, 15) is 5.11 Å². The zero-order valence-electron chi connectivity index (χ0n) is 11.0. The molecule has 1 rings (SSSR count). The van der Waals surface area contributed by atoms with Crippen LogP contribution < -0.4 is 4.74 Å². The fraction of sp³-hybridized carbons (Fsp3) is 0.600. The maximum absolute atomic E-state index is 9.27. The molecule has 96 valence electrons. The summed E-state index contributed by atoms with van der Waals surface area (Å²) in [6.45, 7) is 4.82. The highest BCUT2D eigenvalue weighted by molar-refractivity contribution is 5.27. The number of aliphatic hydroxyl groups excluding tert-OH is 1. The van der Waals surface area contributed by atoms with E-state index in [0.29, 0.717) is 6.42 Å². The number of benzene rings is 1. The second-order valence-corrected chi connectivity index (χ2v) is 4.61. The third-order valence-electron chi connectivity index (χ3n) is 2.72. The lowest BCUT2D eigenvalue weighted by atomic mass is 10.1. The van der Waals surface area contributed by atoms with Crippen LogP contribution in [0.2, 0.25) is 0 Å². The van der Waals surface area contributed by atoms with Crippen LogP contribution in [-0.2, 0) is 6.42 Å². The van der Waals surface area contributed by atoms with E-state index >= 15 is 0 Å². The molecule has 2 heteroatoms. The van der Waals surface area contributed by atoms with Crippen LogP contribution in [0.15, 0.2) is 24.3 Å². The molecule has 2 nitrogen and oxygen atoms in total. The van der Waals surface area contributed by atoms with Gasteiger partial charge in [-0.05, 0) is 37.5 Å². The van der Waals surface area contributed by atoms with Crippen LogP contribution >= 0.6 is 0 Å². The van der Waals surface area contributed by atoms with Gasteiger partial charge in [0.2, 0.25) is 0 Å². The van der Waals surface area contributed by atoms with Crippen LogP contribution in [0.25, 0.3) is 0 Å². The average molecular weight is 236 g/mol. The second kappa shape index (κ2) is 8.13. The summed E-state index contributed by atoms with van der Waals surface area (Å²) in [5, 5.41) is 9.27. The van der Waals surface area contributed by atoms with Gasteiger partial charge in [0.25, 0.3) is 0 Å². The van der Waals surface area contributed by atoms with Crippen molar-refractivity contribution < 1.29 is 9.84 Å². The predicted octanol–water partition coefficient (Wildman–Crippen LogP) is 3.57. The molecular formula is C15H24O2. The Kier molecular flexibility index (Phi) is 6.71. The van der Waals surface area contributed by atoms with Crippen molar-refractivity contribution in [1.29, 1.82) is 0 Å². The number of hydrogen-bond donors (Lipinski definition) is 1. The molecule has 0 aromatic heterocycles. The molecule has 0 radical (unpaired) electrons. The Morgan fingerprint density at radius 1 is 1.12 bits per heavy atom. The average Bonchev–Trinajstić information content (AvgIpc) is 2.30. The minimum absolute atomic E-state index is 0.282. The summed E-state index contributed by atoms with van der Waals surface area (Å²) in [6, 6.07) is 8.01. The van der Waals surface area contributed by atoms with Gasteiger partial charge in [0, 0.05) is 0 Å². The smallest absolute Gasteiger partial charge is 0.119 e. The van der Waals surface area contributed by atoms with E-state index in [-0.39, 0.29) is 6.10 Å². The molecule has 17 heavy (non-hydrogen) atoms. The summed E-state index contributed by atoms with van der Waals surface area (Å²) in [7, 11) is 0. The van der Waals surface area contributed by atoms with Crippen molar-refractivity contribution in [2.24, 2.45) is 0 Å². The quantitative estimate of drug-likeness (QED) is 0.699. The van der Waals surface area contributed by atoms with Gasteiger partial charge in [-0.15, -0.1) is 0 Å². The Balaban J connectivity index is 2.25. The molecule has 1 aromatic rings. The topological polar surface area (TPSA) is 29.5 Å². The zero-order chi connectivity index (χ0) is 12.5. The summed E-state index contributed by atoms with van der Waals surface area (Å²) in [4.78, 5) is 0. The first-order chi connectivity index (χ1) is 8.22. The van der Waals surface area contributed by atoms with Crippen LogP contribution in [0.3, 0.4) is 0 Å². The zero-order valence-corrected chi connectivity index (χ0v) is 11.0. The Labute approximate surface area is 105 Å². The van der Waals surface area contributed by atoms with E-state index in [1.165, 1.54) is 19.3 Å². The molecule has 0 saturated heterocycles. The van der Waals surface area contributed by atoms with Crippen molar-refractivity contribution in [2.75, 3.05) is 6.61 Å². The van der Waals surface area contributed by atoms with Gasteiger partial charge < -0.3 is 9.84 Å². The summed E-state index contributed by atoms with van der Waals surface area (Å²) < 4.78 is 5.65. The molecule has 0 aliphatic rings.